The summed E-state index contributed by atoms with van der Waals surface area (Å²) < 4.78 is 29.2. The highest BCUT2D eigenvalue weighted by molar-refractivity contribution is 7.87. The lowest BCUT2D eigenvalue weighted by molar-refractivity contribution is 0.257. The molecule has 0 amide bonds. The third kappa shape index (κ3) is 6.63. The van der Waals surface area contributed by atoms with E-state index in [0.717, 1.165) is 45.2 Å². The minimum absolute atomic E-state index is 0.437. The van der Waals surface area contributed by atoms with Crippen molar-refractivity contribution in [3.63, 3.8) is 0 Å². The van der Waals surface area contributed by atoms with E-state index in [1.54, 1.807) is 4.31 Å². The Hall–Kier alpha value is -0.170. The van der Waals surface area contributed by atoms with Gasteiger partial charge in [-0.3, -0.25) is 0 Å². The van der Waals surface area contributed by atoms with Crippen LogP contribution in [0, 0.1) is 11.8 Å². The van der Waals surface area contributed by atoms with Crippen LogP contribution in [0.5, 0.6) is 0 Å². The molecule has 1 aliphatic rings. The van der Waals surface area contributed by atoms with Gasteiger partial charge in [0.15, 0.2) is 0 Å². The molecule has 0 aromatic carbocycles. The van der Waals surface area contributed by atoms with Crippen LogP contribution in [0.4, 0.5) is 0 Å². The molecule has 1 unspecified atom stereocenters. The van der Waals surface area contributed by atoms with E-state index in [4.69, 9.17) is 0 Å². The summed E-state index contributed by atoms with van der Waals surface area (Å²) in [7, 11) is -3.31. The van der Waals surface area contributed by atoms with Crippen LogP contribution in [0.25, 0.3) is 0 Å². The number of hydrogen-bond donors (Lipinski definition) is 2. The van der Waals surface area contributed by atoms with Gasteiger partial charge >= 0.3 is 0 Å². The van der Waals surface area contributed by atoms with Gasteiger partial charge in [-0.1, -0.05) is 33.6 Å². The molecule has 0 radical (unpaired) electrons. The van der Waals surface area contributed by atoms with Gasteiger partial charge in [0.25, 0.3) is 10.2 Å². The van der Waals surface area contributed by atoms with E-state index in [2.05, 4.69) is 30.8 Å². The summed E-state index contributed by atoms with van der Waals surface area (Å²) in [4.78, 5) is 0. The zero-order valence-electron chi connectivity index (χ0n) is 13.9. The summed E-state index contributed by atoms with van der Waals surface area (Å²) in [5.74, 6) is 0.876. The average molecular weight is 320 g/mol. The van der Waals surface area contributed by atoms with E-state index in [9.17, 15) is 8.42 Å². The van der Waals surface area contributed by atoms with Gasteiger partial charge in [-0.05, 0) is 44.2 Å². The molecule has 0 aliphatic carbocycles. The van der Waals surface area contributed by atoms with Gasteiger partial charge < -0.3 is 5.32 Å². The zero-order valence-corrected chi connectivity index (χ0v) is 14.7. The first-order valence-corrected chi connectivity index (χ1v) is 9.92. The summed E-state index contributed by atoms with van der Waals surface area (Å²) in [6, 6.07) is 0. The molecule has 21 heavy (non-hydrogen) atoms. The molecular weight excluding hydrogens is 286 g/mol. The van der Waals surface area contributed by atoms with Gasteiger partial charge in [0.1, 0.15) is 0 Å². The normalized spacial score (nSPS) is 21.0. The monoisotopic (exact) mass is 319 g/mol. The van der Waals surface area contributed by atoms with Gasteiger partial charge in [-0.2, -0.15) is 12.7 Å². The largest absolute Gasteiger partial charge is 0.316 e. The van der Waals surface area contributed by atoms with Gasteiger partial charge in [0, 0.05) is 19.6 Å². The molecule has 0 aromatic heterocycles. The molecule has 6 heteroatoms. The Bertz CT molecular complexity index is 369. The first-order valence-electron chi connectivity index (χ1n) is 8.48. The van der Waals surface area contributed by atoms with E-state index < -0.39 is 10.2 Å². The Morgan fingerprint density at radius 3 is 2.57 bits per heavy atom. The highest BCUT2D eigenvalue weighted by Crippen LogP contribution is 2.18. The van der Waals surface area contributed by atoms with Crippen molar-refractivity contribution in [2.75, 3.05) is 32.7 Å². The van der Waals surface area contributed by atoms with Gasteiger partial charge in [-0.25, -0.2) is 4.72 Å². The smallest absolute Gasteiger partial charge is 0.279 e. The molecule has 0 aromatic rings. The quantitative estimate of drug-likeness (QED) is 0.605. The molecule has 0 bridgehead atoms. The molecule has 1 heterocycles. The molecule has 2 N–H and O–H groups in total. The molecule has 5 nitrogen and oxygen atoms in total. The minimum Gasteiger partial charge on any atom is -0.316 e. The van der Waals surface area contributed by atoms with Gasteiger partial charge in [0.05, 0.1) is 0 Å². The van der Waals surface area contributed by atoms with Crippen molar-refractivity contribution >= 4 is 10.2 Å². The molecule has 1 rings (SSSR count). The molecule has 1 aliphatic heterocycles. The summed E-state index contributed by atoms with van der Waals surface area (Å²) >= 11 is 0. The van der Waals surface area contributed by atoms with Crippen LogP contribution in [0.15, 0.2) is 0 Å². The van der Waals surface area contributed by atoms with Crippen molar-refractivity contribution in [1.82, 2.24) is 14.3 Å². The van der Waals surface area contributed by atoms with E-state index in [1.807, 2.05) is 0 Å². The lowest BCUT2D eigenvalue weighted by atomic mass is 10.00. The number of rotatable bonds is 10. The lowest BCUT2D eigenvalue weighted by Crippen LogP contribution is -2.48. The fraction of sp³-hybridized carbons (Fsp3) is 1.00. The minimum atomic E-state index is -3.31. The highest BCUT2D eigenvalue weighted by atomic mass is 32.2. The van der Waals surface area contributed by atoms with Crippen LogP contribution in [0.1, 0.15) is 52.9 Å². The van der Waals surface area contributed by atoms with Crippen LogP contribution in [-0.4, -0.2) is 45.4 Å². The van der Waals surface area contributed by atoms with Crippen molar-refractivity contribution in [3.8, 4) is 0 Å². The van der Waals surface area contributed by atoms with Crippen molar-refractivity contribution in [2.45, 2.75) is 52.9 Å². The maximum atomic E-state index is 12.4. The SMILES string of the molecule is CCCNCC1CCCN(S(=O)(=O)NCC(CC)CC)C1. The summed E-state index contributed by atoms with van der Waals surface area (Å²) in [6.45, 7) is 10.2. The molecule has 0 saturated carbocycles. The number of nitrogens with zero attached hydrogens (tertiary/aromatic N) is 1. The van der Waals surface area contributed by atoms with E-state index in [1.165, 1.54) is 0 Å². The number of nitrogens with one attached hydrogen (secondary N) is 2. The molecular formula is C15H33N3O2S. The standard InChI is InChI=1S/C15H33N3O2S/c1-4-9-16-11-15-8-7-10-18(13-15)21(19,20)17-12-14(5-2)6-3/h14-17H,4-13H2,1-3H3. The molecule has 1 fully saturated rings. The Morgan fingerprint density at radius 1 is 1.24 bits per heavy atom. The second-order valence-electron chi connectivity index (χ2n) is 6.11. The van der Waals surface area contributed by atoms with E-state index in [0.29, 0.717) is 31.5 Å². The second kappa shape index (κ2) is 9.77. The third-order valence-electron chi connectivity index (χ3n) is 4.39. The van der Waals surface area contributed by atoms with Crippen molar-refractivity contribution < 1.29 is 8.42 Å². The van der Waals surface area contributed by atoms with Crippen molar-refractivity contribution in [2.24, 2.45) is 11.8 Å². The van der Waals surface area contributed by atoms with Crippen LogP contribution < -0.4 is 10.0 Å². The fourth-order valence-corrected chi connectivity index (χ4v) is 4.19. The highest BCUT2D eigenvalue weighted by Gasteiger charge is 2.28. The Labute approximate surface area is 131 Å². The molecule has 0 spiro atoms. The maximum Gasteiger partial charge on any atom is 0.279 e. The summed E-state index contributed by atoms with van der Waals surface area (Å²) in [5, 5.41) is 3.40. The van der Waals surface area contributed by atoms with E-state index >= 15 is 0 Å². The fourth-order valence-electron chi connectivity index (χ4n) is 2.79. The van der Waals surface area contributed by atoms with Crippen LogP contribution >= 0.6 is 0 Å². The van der Waals surface area contributed by atoms with Crippen molar-refractivity contribution in [3.05, 3.63) is 0 Å². The van der Waals surface area contributed by atoms with Crippen LogP contribution in [0.3, 0.4) is 0 Å². The first-order chi connectivity index (χ1) is 10.0. The predicted octanol–water partition coefficient (Wildman–Crippen LogP) is 1.97. The summed E-state index contributed by atoms with van der Waals surface area (Å²) in [6.07, 6.45) is 5.23. The zero-order chi connectivity index (χ0) is 15.7. The predicted molar refractivity (Wildman–Crippen MR) is 88.5 cm³/mol. The van der Waals surface area contributed by atoms with Crippen LogP contribution in [-0.2, 0) is 10.2 Å². The lowest BCUT2D eigenvalue weighted by Gasteiger charge is -2.32. The van der Waals surface area contributed by atoms with Gasteiger partial charge in [0.2, 0.25) is 0 Å². The Kier molecular flexibility index (Phi) is 8.78. The third-order valence-corrected chi connectivity index (χ3v) is 5.93. The topological polar surface area (TPSA) is 61.4 Å². The van der Waals surface area contributed by atoms with Crippen molar-refractivity contribution in [1.29, 1.82) is 0 Å². The summed E-state index contributed by atoms with van der Waals surface area (Å²) in [5.41, 5.74) is 0. The number of hydrogen-bond acceptors (Lipinski definition) is 3. The molecule has 1 saturated heterocycles. The van der Waals surface area contributed by atoms with Gasteiger partial charge in [-0.15, -0.1) is 0 Å². The average Bonchev–Trinajstić information content (AvgIpc) is 2.49. The second-order valence-corrected chi connectivity index (χ2v) is 7.86. The Morgan fingerprint density at radius 2 is 1.95 bits per heavy atom. The Balaban J connectivity index is 2.45. The number of piperidine rings is 1. The van der Waals surface area contributed by atoms with E-state index in [-0.39, 0.29) is 0 Å². The van der Waals surface area contributed by atoms with Crippen LogP contribution in [0.2, 0.25) is 0 Å². The first kappa shape index (κ1) is 18.9. The molecule has 1 atom stereocenters. The molecule has 126 valence electrons. The maximum absolute atomic E-state index is 12.4.